The summed E-state index contributed by atoms with van der Waals surface area (Å²) in [6, 6.07) is 14.4. The lowest BCUT2D eigenvalue weighted by Gasteiger charge is -2.54. The number of aliphatic hydroxyl groups is 1. The van der Waals surface area contributed by atoms with Crippen molar-refractivity contribution in [3.8, 4) is 11.3 Å². The van der Waals surface area contributed by atoms with Crippen LogP contribution in [-0.4, -0.2) is 22.3 Å². The van der Waals surface area contributed by atoms with Gasteiger partial charge in [0.1, 0.15) is 11.5 Å². The van der Waals surface area contributed by atoms with Crippen molar-refractivity contribution in [3.63, 3.8) is 0 Å². The van der Waals surface area contributed by atoms with Crippen LogP contribution in [0.3, 0.4) is 0 Å². The zero-order chi connectivity index (χ0) is 21.1. The molecule has 4 nitrogen and oxygen atoms in total. The number of furan rings is 1. The highest BCUT2D eigenvalue weighted by molar-refractivity contribution is 5.88. The maximum atomic E-state index is 11.7. The number of allylic oxidation sites excluding steroid dienone is 2. The number of hydrogen-bond acceptors (Lipinski definition) is 3. The number of carboxylic acid groups (broad SMARTS) is 1. The summed E-state index contributed by atoms with van der Waals surface area (Å²) in [5.41, 5.74) is 1.51. The minimum atomic E-state index is -0.877. The van der Waals surface area contributed by atoms with Crippen molar-refractivity contribution in [1.29, 1.82) is 0 Å². The van der Waals surface area contributed by atoms with Crippen molar-refractivity contribution in [2.75, 3.05) is 0 Å². The summed E-state index contributed by atoms with van der Waals surface area (Å²) in [6.45, 7) is 0. The third-order valence-electron chi connectivity index (χ3n) is 8.50. The average molecular weight is 417 g/mol. The molecule has 0 unspecified atom stereocenters. The fourth-order valence-corrected chi connectivity index (χ4v) is 7.28. The Morgan fingerprint density at radius 3 is 2.68 bits per heavy atom. The quantitative estimate of drug-likeness (QED) is 0.654. The van der Waals surface area contributed by atoms with Crippen LogP contribution in [0.5, 0.6) is 0 Å². The van der Waals surface area contributed by atoms with Gasteiger partial charge in [-0.25, -0.2) is 4.79 Å². The van der Waals surface area contributed by atoms with Gasteiger partial charge in [-0.2, -0.15) is 0 Å². The van der Waals surface area contributed by atoms with Gasteiger partial charge in [0.15, 0.2) is 0 Å². The van der Waals surface area contributed by atoms with E-state index in [-0.39, 0.29) is 11.8 Å². The van der Waals surface area contributed by atoms with Gasteiger partial charge in [0, 0.05) is 23.5 Å². The molecular formula is C27H28O4. The Kier molecular flexibility index (Phi) is 4.46. The number of rotatable bonds is 6. The molecule has 4 heteroatoms. The second kappa shape index (κ2) is 7.23. The van der Waals surface area contributed by atoms with Crippen LogP contribution in [-0.2, 0) is 11.2 Å². The molecule has 31 heavy (non-hydrogen) atoms. The minimum absolute atomic E-state index is 0.0161. The van der Waals surface area contributed by atoms with Gasteiger partial charge in [0.25, 0.3) is 0 Å². The van der Waals surface area contributed by atoms with Crippen LogP contribution in [0.25, 0.3) is 11.3 Å². The van der Waals surface area contributed by atoms with Crippen molar-refractivity contribution in [2.24, 2.45) is 41.4 Å². The molecule has 8 atom stereocenters. The number of aryl methyl sites for hydroxylation is 1. The van der Waals surface area contributed by atoms with Gasteiger partial charge in [-0.3, -0.25) is 0 Å². The highest BCUT2D eigenvalue weighted by Gasteiger charge is 2.63. The van der Waals surface area contributed by atoms with Gasteiger partial charge in [0.2, 0.25) is 0 Å². The highest BCUT2D eigenvalue weighted by Crippen LogP contribution is 2.67. The van der Waals surface area contributed by atoms with Crippen LogP contribution < -0.4 is 0 Å². The summed E-state index contributed by atoms with van der Waals surface area (Å²) in [5, 5.41) is 20.2. The van der Waals surface area contributed by atoms with Crippen molar-refractivity contribution in [3.05, 3.63) is 72.0 Å². The Bertz CT molecular complexity index is 1050. The van der Waals surface area contributed by atoms with E-state index in [4.69, 9.17) is 4.42 Å². The van der Waals surface area contributed by atoms with E-state index in [1.807, 2.05) is 18.2 Å². The second-order valence-corrected chi connectivity index (χ2v) is 9.81. The summed E-state index contributed by atoms with van der Waals surface area (Å²) in [6.07, 6.45) is 9.68. The lowest BCUT2D eigenvalue weighted by atomic mass is 9.50. The van der Waals surface area contributed by atoms with E-state index in [1.54, 1.807) is 6.08 Å². The van der Waals surface area contributed by atoms with E-state index in [0.717, 1.165) is 42.8 Å². The first-order valence-electron chi connectivity index (χ1n) is 11.6. The molecule has 0 bridgehead atoms. The van der Waals surface area contributed by atoms with Gasteiger partial charge in [-0.1, -0.05) is 42.5 Å². The van der Waals surface area contributed by atoms with Gasteiger partial charge >= 0.3 is 5.97 Å². The molecule has 160 valence electrons. The Hall–Kier alpha value is -2.59. The normalized spacial score (nSPS) is 37.1. The number of aliphatic hydroxyl groups excluding tert-OH is 1. The minimum Gasteiger partial charge on any atom is -0.478 e. The second-order valence-electron chi connectivity index (χ2n) is 9.81. The lowest BCUT2D eigenvalue weighted by molar-refractivity contribution is -0.134. The third kappa shape index (κ3) is 2.95. The Balaban J connectivity index is 1.12. The molecule has 1 heterocycles. The van der Waals surface area contributed by atoms with Gasteiger partial charge < -0.3 is 14.6 Å². The summed E-state index contributed by atoms with van der Waals surface area (Å²) in [4.78, 5) is 11.7. The molecule has 2 N–H and O–H groups in total. The molecule has 0 spiro atoms. The van der Waals surface area contributed by atoms with Crippen LogP contribution in [0.15, 0.2) is 70.7 Å². The molecule has 2 saturated carbocycles. The van der Waals surface area contributed by atoms with Crippen molar-refractivity contribution in [2.45, 2.75) is 31.8 Å². The largest absolute Gasteiger partial charge is 0.478 e. The van der Waals surface area contributed by atoms with E-state index in [1.165, 1.54) is 0 Å². The first-order chi connectivity index (χ1) is 15.1. The lowest BCUT2D eigenvalue weighted by Crippen LogP contribution is -2.50. The van der Waals surface area contributed by atoms with Gasteiger partial charge in [0.05, 0.1) is 6.10 Å². The molecule has 6 rings (SSSR count). The van der Waals surface area contributed by atoms with Crippen LogP contribution in [0, 0.1) is 41.4 Å². The molecule has 0 saturated heterocycles. The molecule has 1 aromatic heterocycles. The van der Waals surface area contributed by atoms with Crippen molar-refractivity contribution < 1.29 is 19.4 Å². The van der Waals surface area contributed by atoms with Gasteiger partial charge in [-0.15, -0.1) is 0 Å². The van der Waals surface area contributed by atoms with E-state index in [0.29, 0.717) is 35.2 Å². The highest BCUT2D eigenvalue weighted by atomic mass is 16.4. The fraction of sp³-hybridized carbons (Fsp3) is 0.444. The number of benzene rings is 1. The summed E-state index contributed by atoms with van der Waals surface area (Å²) in [7, 11) is 0. The van der Waals surface area contributed by atoms with Crippen molar-refractivity contribution in [1.82, 2.24) is 0 Å². The number of carboxylic acids is 1. The zero-order valence-electron chi connectivity index (χ0n) is 17.4. The van der Waals surface area contributed by atoms with E-state index in [9.17, 15) is 15.0 Å². The summed E-state index contributed by atoms with van der Waals surface area (Å²) < 4.78 is 6.07. The van der Waals surface area contributed by atoms with Crippen LogP contribution in [0.4, 0.5) is 0 Å². The average Bonchev–Trinajstić information content (AvgIpc) is 3.39. The molecule has 2 fully saturated rings. The zero-order valence-corrected chi connectivity index (χ0v) is 17.4. The molecule has 0 radical (unpaired) electrons. The summed E-state index contributed by atoms with van der Waals surface area (Å²) in [5.74, 6) is 3.98. The first kappa shape index (κ1) is 19.1. The molecule has 2 aromatic rings. The fourth-order valence-electron chi connectivity index (χ4n) is 7.28. The molecular weight excluding hydrogens is 388 g/mol. The predicted octanol–water partition coefficient (Wildman–Crippen LogP) is 4.96. The third-order valence-corrected chi connectivity index (χ3v) is 8.50. The Labute approximate surface area is 182 Å². The molecule has 1 aromatic carbocycles. The van der Waals surface area contributed by atoms with Crippen LogP contribution >= 0.6 is 0 Å². The number of aliphatic carboxylic acids is 1. The molecule has 4 aliphatic carbocycles. The van der Waals surface area contributed by atoms with Crippen LogP contribution in [0.1, 0.15) is 25.0 Å². The predicted molar refractivity (Wildman–Crippen MR) is 117 cm³/mol. The smallest absolute Gasteiger partial charge is 0.331 e. The standard InChI is InChI=1S/C27H28O4/c28-23-14-21(27(29)30)19-11-10-18-17(20-13-22(23)26(19)25(18)20)8-4-7-16-9-12-24(31-16)15-5-2-1-3-6-15/h1-3,5-6,9-12,14,17-20,22-23,25-26,28H,4,7-8,13H2,(H,29,30)/t17-,18-,19+,20+,22+,23-,25-,26+/m1/s1. The maximum absolute atomic E-state index is 11.7. The first-order valence-corrected chi connectivity index (χ1v) is 11.6. The Morgan fingerprint density at radius 2 is 1.87 bits per heavy atom. The van der Waals surface area contributed by atoms with Gasteiger partial charge in [-0.05, 0) is 73.0 Å². The maximum Gasteiger partial charge on any atom is 0.331 e. The van der Waals surface area contributed by atoms with Crippen LogP contribution in [0.2, 0.25) is 0 Å². The number of carbonyl (C=O) groups is 1. The number of hydrogen-bond donors (Lipinski definition) is 2. The topological polar surface area (TPSA) is 70.7 Å². The Morgan fingerprint density at radius 1 is 1.03 bits per heavy atom. The molecule has 0 aliphatic heterocycles. The van der Waals surface area contributed by atoms with E-state index < -0.39 is 12.1 Å². The summed E-state index contributed by atoms with van der Waals surface area (Å²) >= 11 is 0. The van der Waals surface area contributed by atoms with E-state index >= 15 is 0 Å². The van der Waals surface area contributed by atoms with Crippen molar-refractivity contribution >= 4 is 5.97 Å². The molecule has 0 amide bonds. The molecule has 4 aliphatic rings. The monoisotopic (exact) mass is 416 g/mol. The van der Waals surface area contributed by atoms with E-state index in [2.05, 4.69) is 36.4 Å². The SMILES string of the molecule is O=C(O)C1=C[C@@H](O)[C@@H]2C[C@H]3[C@H](CCCc4ccc(-c5ccccc5)o4)[C@H]4C=C[C@@H]1[C@@H]2[C@H]43.